The summed E-state index contributed by atoms with van der Waals surface area (Å²) in [5.74, 6) is -3.05. The summed E-state index contributed by atoms with van der Waals surface area (Å²) in [6.07, 6.45) is 1.30. The zero-order chi connectivity index (χ0) is 21.4. The molecule has 0 fully saturated rings. The number of carbonyl (C=O) groups is 1. The maximum atomic E-state index is 13.3. The molecule has 0 saturated heterocycles. The van der Waals surface area contributed by atoms with E-state index in [1.807, 2.05) is 0 Å². The Kier molecular flexibility index (Phi) is 4.96. The van der Waals surface area contributed by atoms with Gasteiger partial charge in [0, 0.05) is 17.6 Å². The Morgan fingerprint density at radius 3 is 2.50 bits per heavy atom. The van der Waals surface area contributed by atoms with Crippen molar-refractivity contribution in [3.05, 3.63) is 86.8 Å². The molecule has 4 rings (SSSR count). The highest BCUT2D eigenvalue weighted by Gasteiger charge is 2.21. The highest BCUT2D eigenvalue weighted by atomic mass is 35.5. The minimum absolute atomic E-state index is 0.145. The van der Waals surface area contributed by atoms with Crippen molar-refractivity contribution in [2.45, 2.75) is 6.54 Å². The van der Waals surface area contributed by atoms with Crippen LogP contribution in [0.4, 0.5) is 8.78 Å². The topological polar surface area (TPSA) is 100 Å². The highest BCUT2D eigenvalue weighted by molar-refractivity contribution is 6.30. The van der Waals surface area contributed by atoms with Gasteiger partial charge in [-0.2, -0.15) is 5.10 Å². The molecule has 2 heterocycles. The second kappa shape index (κ2) is 7.60. The van der Waals surface area contributed by atoms with Gasteiger partial charge in [-0.3, -0.25) is 9.59 Å². The van der Waals surface area contributed by atoms with E-state index in [2.05, 4.69) is 15.4 Å². The standard InChI is InChI=1S/C20H13ClF2N4O3/c21-11-1-3-14(4-2-11)27-18-15(9-25-27)17(28)16(20(30)26-18)19(29)24-8-10-5-12(22)7-13(23)6-10/h1-7,9H,8H2,(H,24,29)(H2,26,28,30). The first-order valence-corrected chi connectivity index (χ1v) is 9.03. The fourth-order valence-corrected chi connectivity index (χ4v) is 3.15. The Labute approximate surface area is 172 Å². The number of benzene rings is 2. The summed E-state index contributed by atoms with van der Waals surface area (Å²) in [6.45, 7) is -0.242. The second-order valence-electron chi connectivity index (χ2n) is 6.43. The van der Waals surface area contributed by atoms with E-state index < -0.39 is 34.4 Å². The number of fused-ring (bicyclic) bond motifs is 1. The molecule has 2 aromatic heterocycles. The van der Waals surface area contributed by atoms with Crippen LogP contribution in [0.2, 0.25) is 5.02 Å². The predicted molar refractivity (Wildman–Crippen MR) is 106 cm³/mol. The summed E-state index contributed by atoms with van der Waals surface area (Å²) >= 11 is 5.88. The average Bonchev–Trinajstić information content (AvgIpc) is 3.10. The van der Waals surface area contributed by atoms with Gasteiger partial charge >= 0.3 is 0 Å². The lowest BCUT2D eigenvalue weighted by molar-refractivity contribution is 0.0947. The second-order valence-corrected chi connectivity index (χ2v) is 6.87. The third kappa shape index (κ3) is 3.62. The van der Waals surface area contributed by atoms with Crippen LogP contribution in [0.15, 0.2) is 53.5 Å². The minimum Gasteiger partial charge on any atom is -0.506 e. The number of aromatic amines is 1. The van der Waals surface area contributed by atoms with Crippen molar-refractivity contribution in [2.75, 3.05) is 0 Å². The van der Waals surface area contributed by atoms with Crippen molar-refractivity contribution in [3.8, 4) is 11.4 Å². The van der Waals surface area contributed by atoms with Gasteiger partial charge in [-0.25, -0.2) is 13.5 Å². The maximum absolute atomic E-state index is 13.3. The largest absolute Gasteiger partial charge is 0.506 e. The summed E-state index contributed by atoms with van der Waals surface area (Å²) < 4.78 is 27.9. The zero-order valence-electron chi connectivity index (χ0n) is 15.1. The van der Waals surface area contributed by atoms with E-state index in [1.165, 1.54) is 10.9 Å². The van der Waals surface area contributed by atoms with Gasteiger partial charge in [0.2, 0.25) is 0 Å². The Bertz CT molecular complexity index is 1310. The number of rotatable bonds is 4. The summed E-state index contributed by atoms with van der Waals surface area (Å²) in [6, 6.07) is 9.42. The lowest BCUT2D eigenvalue weighted by Crippen LogP contribution is -2.29. The van der Waals surface area contributed by atoms with Gasteiger partial charge < -0.3 is 15.4 Å². The van der Waals surface area contributed by atoms with E-state index in [0.717, 1.165) is 12.1 Å². The Balaban J connectivity index is 1.67. The van der Waals surface area contributed by atoms with Crippen LogP contribution in [0.5, 0.6) is 5.75 Å². The van der Waals surface area contributed by atoms with Gasteiger partial charge in [-0.05, 0) is 42.0 Å². The first kappa shape index (κ1) is 19.6. The van der Waals surface area contributed by atoms with Crippen molar-refractivity contribution in [1.29, 1.82) is 0 Å². The molecule has 0 aliphatic heterocycles. The van der Waals surface area contributed by atoms with Crippen LogP contribution in [0.25, 0.3) is 16.7 Å². The molecule has 7 nitrogen and oxygen atoms in total. The van der Waals surface area contributed by atoms with Gasteiger partial charge in [0.25, 0.3) is 11.5 Å². The summed E-state index contributed by atoms with van der Waals surface area (Å²) in [5.41, 5.74) is -0.458. The molecular weight excluding hydrogens is 418 g/mol. The van der Waals surface area contributed by atoms with Crippen LogP contribution in [0, 0.1) is 11.6 Å². The van der Waals surface area contributed by atoms with Crippen molar-refractivity contribution in [1.82, 2.24) is 20.1 Å². The average molecular weight is 431 g/mol. The fraction of sp³-hybridized carbons (Fsp3) is 0.0500. The normalized spacial score (nSPS) is 11.0. The van der Waals surface area contributed by atoms with Gasteiger partial charge in [0.05, 0.1) is 17.3 Å². The maximum Gasteiger partial charge on any atom is 0.266 e. The van der Waals surface area contributed by atoms with Crippen molar-refractivity contribution in [2.24, 2.45) is 0 Å². The third-order valence-corrected chi connectivity index (χ3v) is 4.65. The van der Waals surface area contributed by atoms with Crippen LogP contribution in [0.3, 0.4) is 0 Å². The summed E-state index contributed by atoms with van der Waals surface area (Å²) in [7, 11) is 0. The van der Waals surface area contributed by atoms with Gasteiger partial charge in [-0.1, -0.05) is 11.6 Å². The Morgan fingerprint density at radius 2 is 1.83 bits per heavy atom. The van der Waals surface area contributed by atoms with Crippen molar-refractivity contribution < 1.29 is 18.7 Å². The van der Waals surface area contributed by atoms with Crippen LogP contribution in [0.1, 0.15) is 15.9 Å². The van der Waals surface area contributed by atoms with E-state index in [0.29, 0.717) is 16.8 Å². The smallest absolute Gasteiger partial charge is 0.266 e. The lowest BCUT2D eigenvalue weighted by atomic mass is 10.1. The molecule has 152 valence electrons. The Morgan fingerprint density at radius 1 is 1.17 bits per heavy atom. The number of hydrogen-bond acceptors (Lipinski definition) is 4. The van der Waals surface area contributed by atoms with E-state index in [9.17, 15) is 23.5 Å². The number of nitrogens with zero attached hydrogens (tertiary/aromatic N) is 2. The quantitative estimate of drug-likeness (QED) is 0.462. The molecule has 0 aliphatic rings. The predicted octanol–water partition coefficient (Wildman–Crippen LogP) is 3.28. The molecule has 10 heteroatoms. The number of nitrogens with one attached hydrogen (secondary N) is 2. The number of H-pyrrole nitrogens is 1. The minimum atomic E-state index is -0.903. The van der Waals surface area contributed by atoms with E-state index in [-0.39, 0.29) is 23.1 Å². The molecule has 0 aliphatic carbocycles. The van der Waals surface area contributed by atoms with E-state index >= 15 is 0 Å². The number of halogens is 3. The van der Waals surface area contributed by atoms with Crippen molar-refractivity contribution >= 4 is 28.5 Å². The third-order valence-electron chi connectivity index (χ3n) is 4.39. The summed E-state index contributed by atoms with van der Waals surface area (Å²) in [4.78, 5) is 27.5. The number of aromatic hydroxyl groups is 1. The molecule has 0 radical (unpaired) electrons. The zero-order valence-corrected chi connectivity index (χ0v) is 15.9. The number of carbonyl (C=O) groups excluding carboxylic acids is 1. The van der Waals surface area contributed by atoms with Gasteiger partial charge in [0.1, 0.15) is 28.6 Å². The fourth-order valence-electron chi connectivity index (χ4n) is 3.03. The molecule has 0 spiro atoms. The van der Waals surface area contributed by atoms with Gasteiger partial charge in [-0.15, -0.1) is 0 Å². The number of aromatic nitrogens is 3. The molecule has 3 N–H and O–H groups in total. The van der Waals surface area contributed by atoms with Crippen LogP contribution in [-0.4, -0.2) is 25.8 Å². The number of hydrogen-bond donors (Lipinski definition) is 3. The number of pyridine rings is 1. The van der Waals surface area contributed by atoms with Crippen LogP contribution < -0.4 is 10.9 Å². The van der Waals surface area contributed by atoms with Crippen molar-refractivity contribution in [3.63, 3.8) is 0 Å². The van der Waals surface area contributed by atoms with Crippen LogP contribution >= 0.6 is 11.6 Å². The molecule has 30 heavy (non-hydrogen) atoms. The number of amides is 1. The lowest BCUT2D eigenvalue weighted by Gasteiger charge is -2.08. The van der Waals surface area contributed by atoms with E-state index in [4.69, 9.17) is 11.6 Å². The highest BCUT2D eigenvalue weighted by Crippen LogP contribution is 2.26. The van der Waals surface area contributed by atoms with E-state index in [1.54, 1.807) is 24.3 Å². The molecule has 0 saturated carbocycles. The Hall–Kier alpha value is -3.72. The molecule has 0 unspecified atom stereocenters. The van der Waals surface area contributed by atoms with Gasteiger partial charge in [0.15, 0.2) is 0 Å². The molecule has 0 bridgehead atoms. The van der Waals surface area contributed by atoms with Crippen LogP contribution in [-0.2, 0) is 6.54 Å². The molecule has 0 atom stereocenters. The molecule has 1 amide bonds. The molecule has 2 aromatic carbocycles. The SMILES string of the molecule is O=C(NCc1cc(F)cc(F)c1)c1c(O)c2cnn(-c3ccc(Cl)cc3)c2[nH]c1=O. The summed E-state index contributed by atoms with van der Waals surface area (Å²) in [5, 5.41) is 17.7. The molecular formula is C20H13ClF2N4O3. The molecule has 4 aromatic rings. The monoisotopic (exact) mass is 430 g/mol. The first-order valence-electron chi connectivity index (χ1n) is 8.65. The first-order chi connectivity index (χ1) is 14.3.